The van der Waals surface area contributed by atoms with Gasteiger partial charge in [-0.15, -0.1) is 0 Å². The highest BCUT2D eigenvalue weighted by Gasteiger charge is 2.32. The number of methoxy groups -OCH3 is 1. The number of benzene rings is 2. The molecule has 0 saturated carbocycles. The molecule has 1 aromatic heterocycles. The minimum Gasteiger partial charge on any atom is -0.480 e. The Labute approximate surface area is 205 Å². The van der Waals surface area contributed by atoms with E-state index in [4.69, 9.17) is 14.4 Å². The van der Waals surface area contributed by atoms with E-state index in [9.17, 15) is 4.79 Å². The van der Waals surface area contributed by atoms with Gasteiger partial charge in [0.1, 0.15) is 0 Å². The summed E-state index contributed by atoms with van der Waals surface area (Å²) in [5.74, 6) is 0.413. The van der Waals surface area contributed by atoms with Crippen molar-refractivity contribution in [2.75, 3.05) is 33.9 Å². The minimum atomic E-state index is -0.821. The average Bonchev–Trinajstić information content (AvgIpc) is 3.33. The summed E-state index contributed by atoms with van der Waals surface area (Å²) in [5, 5.41) is 13.0. The molecule has 0 spiro atoms. The van der Waals surface area contributed by atoms with Crippen LogP contribution in [-0.2, 0) is 16.0 Å². The second-order valence-electron chi connectivity index (χ2n) is 9.28. The fourth-order valence-electron chi connectivity index (χ4n) is 4.46. The zero-order valence-electron chi connectivity index (χ0n) is 20.3. The van der Waals surface area contributed by atoms with E-state index >= 15 is 0 Å². The van der Waals surface area contributed by atoms with Crippen LogP contribution in [0.5, 0.6) is 0 Å². The minimum absolute atomic E-state index is 0.0333. The van der Waals surface area contributed by atoms with E-state index < -0.39 is 5.97 Å². The number of carbonyl (C=O) groups is 1. The number of hydrogen-bond donors (Lipinski definition) is 1. The zero-order chi connectivity index (χ0) is 24.8. The molecule has 35 heavy (non-hydrogen) atoms. The standard InChI is InChI=1S/C28H31N3O4/c1-28(19-34-3)16-5-4-6-24(28)21-11-13-23(14-12-21)27-29-26(30-35-27)22-9-7-20(8-10-22)15-17-31(2)18-25(32)33/h4-14,16,24H,15,17-19H2,1-3H3,(H,32,33). The van der Waals surface area contributed by atoms with Crippen molar-refractivity contribution >= 4 is 5.97 Å². The van der Waals surface area contributed by atoms with Crippen LogP contribution in [0.3, 0.4) is 0 Å². The van der Waals surface area contributed by atoms with E-state index in [2.05, 4.69) is 53.5 Å². The third-order valence-corrected chi connectivity index (χ3v) is 6.40. The van der Waals surface area contributed by atoms with Crippen molar-refractivity contribution in [2.24, 2.45) is 5.41 Å². The van der Waals surface area contributed by atoms with E-state index in [1.165, 1.54) is 5.56 Å². The number of allylic oxidation sites excluding steroid dienone is 3. The van der Waals surface area contributed by atoms with Gasteiger partial charge in [-0.2, -0.15) is 4.98 Å². The predicted octanol–water partition coefficient (Wildman–Crippen LogP) is 4.82. The Balaban J connectivity index is 1.43. The number of hydrogen-bond acceptors (Lipinski definition) is 6. The molecule has 3 aromatic rings. The predicted molar refractivity (Wildman–Crippen MR) is 135 cm³/mol. The number of rotatable bonds is 10. The van der Waals surface area contributed by atoms with Crippen molar-refractivity contribution in [3.63, 3.8) is 0 Å². The van der Waals surface area contributed by atoms with Gasteiger partial charge in [0.25, 0.3) is 5.89 Å². The second kappa shape index (κ2) is 10.8. The van der Waals surface area contributed by atoms with Crippen LogP contribution < -0.4 is 0 Å². The van der Waals surface area contributed by atoms with Crippen LogP contribution in [0.4, 0.5) is 0 Å². The number of carboxylic acids is 1. The maximum Gasteiger partial charge on any atom is 0.317 e. The first-order valence-electron chi connectivity index (χ1n) is 11.7. The van der Waals surface area contributed by atoms with Gasteiger partial charge in [0, 0.05) is 36.1 Å². The molecule has 1 aliphatic carbocycles. The highest BCUT2D eigenvalue weighted by atomic mass is 16.5. The zero-order valence-corrected chi connectivity index (χ0v) is 20.3. The molecule has 1 N–H and O–H groups in total. The van der Waals surface area contributed by atoms with E-state index in [-0.39, 0.29) is 17.9 Å². The Bertz CT molecular complexity index is 1200. The van der Waals surface area contributed by atoms with Crippen molar-refractivity contribution in [3.05, 3.63) is 84.0 Å². The summed E-state index contributed by atoms with van der Waals surface area (Å²) in [6.07, 6.45) is 9.35. The van der Waals surface area contributed by atoms with E-state index in [1.54, 1.807) is 19.1 Å². The first-order valence-corrected chi connectivity index (χ1v) is 11.7. The lowest BCUT2D eigenvalue weighted by Crippen LogP contribution is -2.28. The summed E-state index contributed by atoms with van der Waals surface area (Å²) in [5.41, 5.74) is 3.97. The lowest BCUT2D eigenvalue weighted by molar-refractivity contribution is -0.137. The molecule has 0 radical (unpaired) electrons. The van der Waals surface area contributed by atoms with Crippen LogP contribution in [0.25, 0.3) is 22.8 Å². The Morgan fingerprint density at radius 2 is 1.83 bits per heavy atom. The smallest absolute Gasteiger partial charge is 0.317 e. The molecular weight excluding hydrogens is 442 g/mol. The maximum atomic E-state index is 10.8. The monoisotopic (exact) mass is 473 g/mol. The van der Waals surface area contributed by atoms with Gasteiger partial charge in [-0.1, -0.05) is 72.8 Å². The fourth-order valence-corrected chi connectivity index (χ4v) is 4.46. The summed E-state index contributed by atoms with van der Waals surface area (Å²) < 4.78 is 11.0. The molecule has 2 unspecified atom stereocenters. The molecule has 2 aromatic carbocycles. The molecule has 0 aliphatic heterocycles. The number of aliphatic carboxylic acids is 1. The van der Waals surface area contributed by atoms with Gasteiger partial charge in [0.05, 0.1) is 13.2 Å². The molecule has 1 heterocycles. The number of carboxylic acid groups (broad SMARTS) is 1. The molecule has 0 fully saturated rings. The van der Waals surface area contributed by atoms with E-state index in [1.807, 2.05) is 36.4 Å². The van der Waals surface area contributed by atoms with E-state index in [0.717, 1.165) is 23.1 Å². The van der Waals surface area contributed by atoms with Crippen LogP contribution in [0, 0.1) is 5.41 Å². The van der Waals surface area contributed by atoms with Gasteiger partial charge in [-0.05, 0) is 36.7 Å². The van der Waals surface area contributed by atoms with Crippen molar-refractivity contribution in [2.45, 2.75) is 19.3 Å². The largest absolute Gasteiger partial charge is 0.480 e. The van der Waals surface area contributed by atoms with Crippen LogP contribution >= 0.6 is 0 Å². The Morgan fingerprint density at radius 3 is 2.51 bits per heavy atom. The van der Waals surface area contributed by atoms with Gasteiger partial charge in [-0.25, -0.2) is 0 Å². The molecule has 4 rings (SSSR count). The van der Waals surface area contributed by atoms with Crippen LogP contribution in [0.15, 0.2) is 77.4 Å². The molecular formula is C28H31N3O4. The van der Waals surface area contributed by atoms with Crippen molar-refractivity contribution < 1.29 is 19.2 Å². The third-order valence-electron chi connectivity index (χ3n) is 6.40. The number of aromatic nitrogens is 2. The Kier molecular flexibility index (Phi) is 7.58. The summed E-state index contributed by atoms with van der Waals surface area (Å²) in [6.45, 7) is 3.56. The fraction of sp³-hybridized carbons (Fsp3) is 0.321. The second-order valence-corrected chi connectivity index (χ2v) is 9.28. The van der Waals surface area contributed by atoms with Crippen LogP contribution in [0.2, 0.25) is 0 Å². The molecule has 7 heteroatoms. The van der Waals surface area contributed by atoms with E-state index in [0.29, 0.717) is 24.9 Å². The van der Waals surface area contributed by atoms with Gasteiger partial charge >= 0.3 is 5.97 Å². The van der Waals surface area contributed by atoms with Gasteiger partial charge in [-0.3, -0.25) is 9.69 Å². The number of nitrogens with zero attached hydrogens (tertiary/aromatic N) is 3. The number of ether oxygens (including phenoxy) is 1. The lowest BCUT2D eigenvalue weighted by atomic mass is 9.71. The SMILES string of the molecule is COCC1(C)C=CC=CC1c1ccc(-c2nc(-c3ccc(CCN(C)CC(=O)O)cc3)no2)cc1. The molecule has 0 bridgehead atoms. The summed E-state index contributed by atoms with van der Waals surface area (Å²) in [4.78, 5) is 17.2. The van der Waals surface area contributed by atoms with Gasteiger partial charge in [0.15, 0.2) is 0 Å². The molecule has 0 saturated heterocycles. The molecule has 0 amide bonds. The summed E-state index contributed by atoms with van der Waals surface area (Å²) >= 11 is 0. The first kappa shape index (κ1) is 24.6. The highest BCUT2D eigenvalue weighted by Crippen LogP contribution is 2.41. The van der Waals surface area contributed by atoms with Crippen molar-refractivity contribution in [1.82, 2.24) is 15.0 Å². The first-order chi connectivity index (χ1) is 16.9. The molecule has 1 aliphatic rings. The van der Waals surface area contributed by atoms with Crippen molar-refractivity contribution in [3.8, 4) is 22.8 Å². The molecule has 2 atom stereocenters. The van der Waals surface area contributed by atoms with Crippen LogP contribution in [-0.4, -0.2) is 60.0 Å². The van der Waals surface area contributed by atoms with Gasteiger partial charge in [0.2, 0.25) is 5.82 Å². The Hall–Kier alpha value is -3.55. The topological polar surface area (TPSA) is 88.7 Å². The molecule has 182 valence electrons. The summed E-state index contributed by atoms with van der Waals surface area (Å²) in [6, 6.07) is 16.2. The number of likely N-dealkylation sites (N-methyl/N-ethyl adjacent to an activating group) is 1. The molecule has 7 nitrogen and oxygen atoms in total. The van der Waals surface area contributed by atoms with Crippen LogP contribution in [0.1, 0.15) is 24.0 Å². The van der Waals surface area contributed by atoms with Crippen molar-refractivity contribution in [1.29, 1.82) is 0 Å². The van der Waals surface area contributed by atoms with Gasteiger partial charge < -0.3 is 14.4 Å². The Morgan fingerprint density at radius 1 is 1.11 bits per heavy atom. The highest BCUT2D eigenvalue weighted by molar-refractivity contribution is 5.69. The normalized spacial score (nSPS) is 19.4. The lowest BCUT2D eigenvalue weighted by Gasteiger charge is -2.35. The third kappa shape index (κ3) is 5.93. The quantitative estimate of drug-likeness (QED) is 0.451. The summed E-state index contributed by atoms with van der Waals surface area (Å²) in [7, 11) is 3.54. The maximum absolute atomic E-state index is 10.8. The average molecular weight is 474 g/mol.